The maximum Gasteiger partial charge on any atom is 0.123 e. The molecule has 0 spiro atoms. The summed E-state index contributed by atoms with van der Waals surface area (Å²) in [6.07, 6.45) is 0. The van der Waals surface area contributed by atoms with Crippen molar-refractivity contribution < 1.29 is 14.4 Å². The summed E-state index contributed by atoms with van der Waals surface area (Å²) in [5.41, 5.74) is 0.819. The molecular formula is C11H16FNO2. The van der Waals surface area contributed by atoms with Gasteiger partial charge in [-0.05, 0) is 23.6 Å². The topological polar surface area (TPSA) is 32.7 Å². The fourth-order valence-electron chi connectivity index (χ4n) is 1.09. The van der Waals surface area contributed by atoms with E-state index in [9.17, 15) is 9.60 Å². The van der Waals surface area contributed by atoms with Crippen molar-refractivity contribution in [3.05, 3.63) is 35.6 Å². The Hall–Kier alpha value is -0.970. The molecule has 15 heavy (non-hydrogen) atoms. The van der Waals surface area contributed by atoms with Crippen LogP contribution < -0.4 is 0 Å². The summed E-state index contributed by atoms with van der Waals surface area (Å²) in [7, 11) is 0. The fraction of sp³-hybridized carbons (Fsp3) is 0.455. The Morgan fingerprint density at radius 1 is 1.33 bits per heavy atom. The average molecular weight is 213 g/mol. The van der Waals surface area contributed by atoms with Gasteiger partial charge >= 0.3 is 0 Å². The quantitative estimate of drug-likeness (QED) is 0.763. The number of hydrogen-bond acceptors (Lipinski definition) is 3. The lowest BCUT2D eigenvalue weighted by molar-refractivity contribution is -0.350. The van der Waals surface area contributed by atoms with Gasteiger partial charge in [-0.25, -0.2) is 4.39 Å². The van der Waals surface area contributed by atoms with E-state index in [1.807, 2.05) is 13.8 Å². The van der Waals surface area contributed by atoms with Crippen LogP contribution in [0.4, 0.5) is 4.39 Å². The molecule has 84 valence electrons. The van der Waals surface area contributed by atoms with E-state index in [0.717, 1.165) is 10.8 Å². The van der Waals surface area contributed by atoms with Crippen molar-refractivity contribution in [2.45, 2.75) is 20.5 Å². The number of hydroxylamine groups is 2. The van der Waals surface area contributed by atoms with Gasteiger partial charge in [0, 0.05) is 0 Å². The van der Waals surface area contributed by atoms with Gasteiger partial charge in [-0.3, -0.25) is 10.0 Å². The Kier molecular flexibility index (Phi) is 4.68. The van der Waals surface area contributed by atoms with Gasteiger partial charge in [-0.15, -0.1) is 0 Å². The van der Waals surface area contributed by atoms with Crippen LogP contribution in [-0.4, -0.2) is 17.0 Å². The van der Waals surface area contributed by atoms with E-state index in [4.69, 9.17) is 4.84 Å². The van der Waals surface area contributed by atoms with Crippen molar-refractivity contribution in [3.63, 3.8) is 0 Å². The SMILES string of the molecule is CC(C)CN(O)OCc1ccc(F)cc1. The second-order valence-corrected chi connectivity index (χ2v) is 3.83. The van der Waals surface area contributed by atoms with Gasteiger partial charge in [0.25, 0.3) is 0 Å². The van der Waals surface area contributed by atoms with Crippen LogP contribution in [0.1, 0.15) is 19.4 Å². The molecule has 1 N–H and O–H groups in total. The first-order valence-corrected chi connectivity index (χ1v) is 4.91. The lowest BCUT2D eigenvalue weighted by Gasteiger charge is -2.16. The molecule has 3 nitrogen and oxygen atoms in total. The number of nitrogens with zero attached hydrogens (tertiary/aromatic N) is 1. The van der Waals surface area contributed by atoms with Crippen molar-refractivity contribution in [2.75, 3.05) is 6.54 Å². The second-order valence-electron chi connectivity index (χ2n) is 3.83. The van der Waals surface area contributed by atoms with Crippen LogP contribution in [-0.2, 0) is 11.4 Å². The lowest BCUT2D eigenvalue weighted by Crippen LogP contribution is -2.24. The fourth-order valence-corrected chi connectivity index (χ4v) is 1.09. The molecule has 0 aliphatic rings. The van der Waals surface area contributed by atoms with E-state index in [1.54, 1.807) is 12.1 Å². The van der Waals surface area contributed by atoms with Crippen molar-refractivity contribution in [2.24, 2.45) is 5.92 Å². The van der Waals surface area contributed by atoms with Gasteiger partial charge < -0.3 is 0 Å². The summed E-state index contributed by atoms with van der Waals surface area (Å²) >= 11 is 0. The van der Waals surface area contributed by atoms with Crippen LogP contribution in [0.3, 0.4) is 0 Å². The Balaban J connectivity index is 2.33. The highest BCUT2D eigenvalue weighted by Gasteiger charge is 2.04. The van der Waals surface area contributed by atoms with Crippen LogP contribution in [0.15, 0.2) is 24.3 Å². The molecule has 0 saturated heterocycles. The molecule has 0 aliphatic heterocycles. The molecule has 0 fully saturated rings. The predicted octanol–water partition coefficient (Wildman–Crippen LogP) is 2.60. The van der Waals surface area contributed by atoms with Crippen LogP contribution in [0.25, 0.3) is 0 Å². The zero-order valence-electron chi connectivity index (χ0n) is 8.98. The minimum Gasteiger partial charge on any atom is -0.290 e. The molecule has 0 atom stereocenters. The van der Waals surface area contributed by atoms with Crippen LogP contribution in [0.5, 0.6) is 0 Å². The Morgan fingerprint density at radius 3 is 2.47 bits per heavy atom. The van der Waals surface area contributed by atoms with Gasteiger partial charge in [0.15, 0.2) is 0 Å². The average Bonchev–Trinajstić information content (AvgIpc) is 2.16. The van der Waals surface area contributed by atoms with E-state index in [0.29, 0.717) is 12.5 Å². The van der Waals surface area contributed by atoms with Crippen LogP contribution in [0, 0.1) is 11.7 Å². The number of halogens is 1. The lowest BCUT2D eigenvalue weighted by atomic mass is 10.2. The summed E-state index contributed by atoms with van der Waals surface area (Å²) in [6, 6.07) is 5.98. The number of benzene rings is 1. The second kappa shape index (κ2) is 5.80. The molecule has 0 amide bonds. The molecule has 0 radical (unpaired) electrons. The minimum atomic E-state index is -0.276. The summed E-state index contributed by atoms with van der Waals surface area (Å²) in [4.78, 5) is 5.05. The zero-order chi connectivity index (χ0) is 11.3. The monoisotopic (exact) mass is 213 g/mol. The van der Waals surface area contributed by atoms with Gasteiger partial charge in [0.05, 0.1) is 13.2 Å². The third-order valence-corrected chi connectivity index (χ3v) is 1.81. The molecule has 0 unspecified atom stereocenters. The Labute approximate surface area is 89.0 Å². The van der Waals surface area contributed by atoms with Gasteiger partial charge in [-0.2, -0.15) is 0 Å². The third-order valence-electron chi connectivity index (χ3n) is 1.81. The maximum absolute atomic E-state index is 12.6. The molecule has 1 aromatic rings. The van der Waals surface area contributed by atoms with E-state index in [2.05, 4.69) is 0 Å². The highest BCUT2D eigenvalue weighted by Crippen LogP contribution is 2.05. The van der Waals surface area contributed by atoms with Gasteiger partial charge in [-0.1, -0.05) is 31.2 Å². The maximum atomic E-state index is 12.6. The van der Waals surface area contributed by atoms with Crippen LogP contribution in [0.2, 0.25) is 0 Å². The first kappa shape index (κ1) is 12.1. The smallest absolute Gasteiger partial charge is 0.123 e. The molecule has 0 heterocycles. The molecule has 1 aromatic carbocycles. The zero-order valence-corrected chi connectivity index (χ0v) is 8.98. The molecule has 0 aromatic heterocycles. The predicted molar refractivity (Wildman–Crippen MR) is 54.5 cm³/mol. The molecule has 4 heteroatoms. The van der Waals surface area contributed by atoms with Crippen molar-refractivity contribution in [1.29, 1.82) is 0 Å². The van der Waals surface area contributed by atoms with Crippen molar-refractivity contribution in [3.8, 4) is 0 Å². The van der Waals surface area contributed by atoms with Crippen LogP contribution >= 0.6 is 0 Å². The third kappa shape index (κ3) is 4.88. The summed E-state index contributed by atoms with van der Waals surface area (Å²) in [5, 5.41) is 10.1. The molecule has 0 bridgehead atoms. The normalized spacial score (nSPS) is 11.3. The highest BCUT2D eigenvalue weighted by molar-refractivity contribution is 5.14. The van der Waals surface area contributed by atoms with E-state index < -0.39 is 0 Å². The Bertz CT molecular complexity index is 287. The minimum absolute atomic E-state index is 0.240. The summed E-state index contributed by atoms with van der Waals surface area (Å²) < 4.78 is 12.6. The first-order valence-electron chi connectivity index (χ1n) is 4.91. The standard InChI is InChI=1S/C11H16FNO2/c1-9(2)7-13(14)15-8-10-3-5-11(12)6-4-10/h3-6,9,14H,7-8H2,1-2H3. The van der Waals surface area contributed by atoms with Gasteiger partial charge in [0.1, 0.15) is 5.82 Å². The molecule has 1 rings (SSSR count). The summed E-state index contributed by atoms with van der Waals surface area (Å²) in [5.74, 6) is 0.0463. The highest BCUT2D eigenvalue weighted by atomic mass is 19.1. The largest absolute Gasteiger partial charge is 0.290 e. The summed E-state index contributed by atoms with van der Waals surface area (Å²) in [6.45, 7) is 4.64. The van der Waals surface area contributed by atoms with Crippen molar-refractivity contribution in [1.82, 2.24) is 5.23 Å². The van der Waals surface area contributed by atoms with E-state index in [1.165, 1.54) is 12.1 Å². The van der Waals surface area contributed by atoms with E-state index >= 15 is 0 Å². The first-order chi connectivity index (χ1) is 7.08. The molecule has 0 saturated carbocycles. The van der Waals surface area contributed by atoms with Gasteiger partial charge in [0.2, 0.25) is 0 Å². The van der Waals surface area contributed by atoms with Crippen molar-refractivity contribution >= 4 is 0 Å². The number of hydrogen-bond donors (Lipinski definition) is 1. The molecule has 0 aliphatic carbocycles. The van der Waals surface area contributed by atoms with E-state index in [-0.39, 0.29) is 12.4 Å². The number of rotatable bonds is 5. The molecular weight excluding hydrogens is 197 g/mol. The Morgan fingerprint density at radius 2 is 1.93 bits per heavy atom.